The Morgan fingerprint density at radius 1 is 1.20 bits per heavy atom. The van der Waals surface area contributed by atoms with Crippen LogP contribution in [0.3, 0.4) is 0 Å². The van der Waals surface area contributed by atoms with Gasteiger partial charge >= 0.3 is 5.56 Å². The molecule has 0 spiro atoms. The molecule has 0 aliphatic rings. The molecule has 0 aliphatic carbocycles. The molecule has 1 unspecified atom stereocenters. The zero-order chi connectivity index (χ0) is 17.8. The van der Waals surface area contributed by atoms with Gasteiger partial charge in [0.2, 0.25) is 0 Å². The van der Waals surface area contributed by atoms with Crippen LogP contribution in [0.15, 0.2) is 59.4 Å². The second-order valence-electron chi connectivity index (χ2n) is 5.84. The van der Waals surface area contributed by atoms with Crippen LogP contribution in [0, 0.1) is 0 Å². The highest BCUT2D eigenvalue weighted by atomic mass is 35.5. The van der Waals surface area contributed by atoms with Gasteiger partial charge in [0, 0.05) is 17.0 Å². The SMILES string of the molecule is CC(O)COn1c(=O)c(NCc2ccc(Cl)cc2)cc2ccccc21. The molecule has 2 aromatic carbocycles. The fraction of sp³-hybridized carbons (Fsp3) is 0.211. The van der Waals surface area contributed by atoms with E-state index in [1.165, 1.54) is 4.73 Å². The minimum atomic E-state index is -0.670. The van der Waals surface area contributed by atoms with Crippen molar-refractivity contribution in [2.75, 3.05) is 11.9 Å². The van der Waals surface area contributed by atoms with Crippen LogP contribution in [-0.4, -0.2) is 22.5 Å². The third-order valence-electron chi connectivity index (χ3n) is 3.71. The maximum atomic E-state index is 12.7. The Labute approximate surface area is 150 Å². The minimum Gasteiger partial charge on any atom is -0.407 e. The number of halogens is 1. The van der Waals surface area contributed by atoms with Crippen molar-refractivity contribution >= 4 is 28.2 Å². The fourth-order valence-corrected chi connectivity index (χ4v) is 2.59. The Hall–Kier alpha value is -2.50. The minimum absolute atomic E-state index is 0.0323. The van der Waals surface area contributed by atoms with Gasteiger partial charge in [0.15, 0.2) is 0 Å². The molecule has 1 heterocycles. The van der Waals surface area contributed by atoms with E-state index in [9.17, 15) is 9.90 Å². The summed E-state index contributed by atoms with van der Waals surface area (Å²) in [6.07, 6.45) is -0.670. The third kappa shape index (κ3) is 4.13. The first kappa shape index (κ1) is 17.3. The van der Waals surface area contributed by atoms with E-state index in [2.05, 4.69) is 5.32 Å². The van der Waals surface area contributed by atoms with Gasteiger partial charge in [-0.05, 0) is 36.8 Å². The summed E-state index contributed by atoms with van der Waals surface area (Å²) in [5.74, 6) is 0. The van der Waals surface area contributed by atoms with Crippen molar-refractivity contribution in [3.63, 3.8) is 0 Å². The number of nitrogens with zero attached hydrogens (tertiary/aromatic N) is 1. The highest BCUT2D eigenvalue weighted by Gasteiger charge is 2.11. The van der Waals surface area contributed by atoms with Crippen molar-refractivity contribution < 1.29 is 9.94 Å². The van der Waals surface area contributed by atoms with Gasteiger partial charge in [0.25, 0.3) is 0 Å². The number of aliphatic hydroxyl groups excluding tert-OH is 1. The molecule has 0 radical (unpaired) electrons. The third-order valence-corrected chi connectivity index (χ3v) is 3.96. The van der Waals surface area contributed by atoms with E-state index >= 15 is 0 Å². The number of hydrogen-bond acceptors (Lipinski definition) is 4. The van der Waals surface area contributed by atoms with Crippen LogP contribution in [0.4, 0.5) is 5.69 Å². The van der Waals surface area contributed by atoms with Gasteiger partial charge in [-0.2, -0.15) is 0 Å². The van der Waals surface area contributed by atoms with Crippen LogP contribution in [0.5, 0.6) is 0 Å². The van der Waals surface area contributed by atoms with Crippen molar-refractivity contribution in [3.8, 4) is 0 Å². The summed E-state index contributed by atoms with van der Waals surface area (Å²) in [5.41, 5.74) is 1.80. The number of aliphatic hydroxyl groups is 1. The molecule has 3 rings (SSSR count). The number of aromatic nitrogens is 1. The van der Waals surface area contributed by atoms with E-state index in [1.807, 2.05) is 48.5 Å². The summed E-state index contributed by atoms with van der Waals surface area (Å²) >= 11 is 5.89. The predicted octanol–water partition coefficient (Wildman–Crippen LogP) is 3.08. The van der Waals surface area contributed by atoms with Crippen LogP contribution in [-0.2, 0) is 6.54 Å². The maximum absolute atomic E-state index is 12.7. The molecular formula is C19H19ClN2O3. The molecule has 1 atom stereocenters. The molecule has 3 aromatic rings. The lowest BCUT2D eigenvalue weighted by atomic mass is 10.2. The summed E-state index contributed by atoms with van der Waals surface area (Å²) in [6.45, 7) is 2.13. The summed E-state index contributed by atoms with van der Waals surface area (Å²) in [7, 11) is 0. The second-order valence-corrected chi connectivity index (χ2v) is 6.28. The molecule has 0 saturated heterocycles. The average molecular weight is 359 g/mol. The van der Waals surface area contributed by atoms with E-state index in [0.717, 1.165) is 10.9 Å². The molecule has 25 heavy (non-hydrogen) atoms. The standard InChI is InChI=1S/C19H19ClN2O3/c1-13(23)12-25-22-18-5-3-2-4-15(18)10-17(19(22)24)21-11-14-6-8-16(20)9-7-14/h2-10,13,21,23H,11-12H2,1H3. The van der Waals surface area contributed by atoms with Gasteiger partial charge in [0.1, 0.15) is 12.3 Å². The van der Waals surface area contributed by atoms with Crippen molar-refractivity contribution in [3.05, 3.63) is 75.5 Å². The smallest absolute Gasteiger partial charge is 0.306 e. The predicted molar refractivity (Wildman–Crippen MR) is 100 cm³/mol. The number of rotatable bonds is 6. The van der Waals surface area contributed by atoms with Gasteiger partial charge in [-0.3, -0.25) is 4.79 Å². The molecule has 2 N–H and O–H groups in total. The van der Waals surface area contributed by atoms with Crippen LogP contribution in [0.1, 0.15) is 12.5 Å². The zero-order valence-electron chi connectivity index (χ0n) is 13.8. The molecule has 0 fully saturated rings. The number of anilines is 1. The lowest BCUT2D eigenvalue weighted by Gasteiger charge is -2.15. The van der Waals surface area contributed by atoms with E-state index in [4.69, 9.17) is 16.4 Å². The molecule has 1 aromatic heterocycles. The lowest BCUT2D eigenvalue weighted by Crippen LogP contribution is -2.32. The quantitative estimate of drug-likeness (QED) is 0.710. The summed E-state index contributed by atoms with van der Waals surface area (Å²) < 4.78 is 1.23. The maximum Gasteiger partial charge on any atom is 0.306 e. The van der Waals surface area contributed by atoms with Crippen molar-refractivity contribution in [1.29, 1.82) is 0 Å². The monoisotopic (exact) mass is 358 g/mol. The van der Waals surface area contributed by atoms with E-state index in [0.29, 0.717) is 22.8 Å². The lowest BCUT2D eigenvalue weighted by molar-refractivity contribution is 0.0365. The van der Waals surface area contributed by atoms with Gasteiger partial charge in [-0.25, -0.2) is 0 Å². The van der Waals surface area contributed by atoms with Crippen LogP contribution < -0.4 is 15.7 Å². The Bertz CT molecular complexity index is 920. The van der Waals surface area contributed by atoms with E-state index < -0.39 is 6.10 Å². The largest absolute Gasteiger partial charge is 0.407 e. The molecule has 0 amide bonds. The van der Waals surface area contributed by atoms with Crippen molar-refractivity contribution in [2.45, 2.75) is 19.6 Å². The van der Waals surface area contributed by atoms with Gasteiger partial charge in [0.05, 0.1) is 11.6 Å². The first-order valence-corrected chi connectivity index (χ1v) is 8.37. The van der Waals surface area contributed by atoms with Crippen LogP contribution in [0.2, 0.25) is 5.02 Å². The van der Waals surface area contributed by atoms with Crippen molar-refractivity contribution in [1.82, 2.24) is 4.73 Å². The zero-order valence-corrected chi connectivity index (χ0v) is 14.5. The topological polar surface area (TPSA) is 63.5 Å². The number of nitrogens with one attached hydrogen (secondary N) is 1. The molecular weight excluding hydrogens is 340 g/mol. The molecule has 6 heteroatoms. The highest BCUT2D eigenvalue weighted by Crippen LogP contribution is 2.16. The molecule has 130 valence electrons. The van der Waals surface area contributed by atoms with E-state index in [-0.39, 0.29) is 12.2 Å². The first-order chi connectivity index (χ1) is 12.0. The van der Waals surface area contributed by atoms with Gasteiger partial charge < -0.3 is 15.3 Å². The molecule has 0 aliphatic heterocycles. The Morgan fingerprint density at radius 3 is 2.64 bits per heavy atom. The average Bonchev–Trinajstić information content (AvgIpc) is 2.60. The summed E-state index contributed by atoms with van der Waals surface area (Å²) in [4.78, 5) is 18.3. The number of hydrogen-bond donors (Lipinski definition) is 2. The van der Waals surface area contributed by atoms with Crippen LogP contribution >= 0.6 is 11.6 Å². The Morgan fingerprint density at radius 2 is 1.92 bits per heavy atom. The fourth-order valence-electron chi connectivity index (χ4n) is 2.47. The highest BCUT2D eigenvalue weighted by molar-refractivity contribution is 6.30. The van der Waals surface area contributed by atoms with Crippen LogP contribution in [0.25, 0.3) is 10.9 Å². The number of para-hydroxylation sites is 1. The summed E-state index contributed by atoms with van der Waals surface area (Å²) in [6, 6.07) is 16.7. The first-order valence-electron chi connectivity index (χ1n) is 7.99. The molecule has 0 saturated carbocycles. The van der Waals surface area contributed by atoms with E-state index in [1.54, 1.807) is 13.0 Å². The Balaban J connectivity index is 1.93. The van der Waals surface area contributed by atoms with Gasteiger partial charge in [-0.15, -0.1) is 4.73 Å². The molecule has 0 bridgehead atoms. The number of benzene rings is 2. The Kier molecular flexibility index (Phi) is 5.26. The normalized spacial score (nSPS) is 12.1. The van der Waals surface area contributed by atoms with Gasteiger partial charge in [-0.1, -0.05) is 41.9 Å². The number of pyridine rings is 1. The second kappa shape index (κ2) is 7.59. The summed E-state index contributed by atoms with van der Waals surface area (Å²) in [5, 5.41) is 14.1. The van der Waals surface area contributed by atoms with Crippen molar-refractivity contribution in [2.24, 2.45) is 0 Å². The molecule has 5 nitrogen and oxygen atoms in total. The number of fused-ring (bicyclic) bond motifs is 1.